The minimum Gasteiger partial charge on any atom is -0.477 e. The normalized spacial score (nSPS) is 13.2. The zero-order valence-electron chi connectivity index (χ0n) is 20.7. The van der Waals surface area contributed by atoms with Gasteiger partial charge in [-0.3, -0.25) is 5.32 Å². The third-order valence-electron chi connectivity index (χ3n) is 5.96. The van der Waals surface area contributed by atoms with Crippen molar-refractivity contribution >= 4 is 35.0 Å². The number of ether oxygens (including phenoxy) is 1. The van der Waals surface area contributed by atoms with E-state index in [0.717, 1.165) is 16.8 Å². The Morgan fingerprint density at radius 1 is 1.05 bits per heavy atom. The average molecular weight is 531 g/mol. The second-order valence-corrected chi connectivity index (χ2v) is 9.37. The Labute approximate surface area is 223 Å². The first-order valence-corrected chi connectivity index (χ1v) is 13.0. The van der Waals surface area contributed by atoms with Crippen LogP contribution in [0.15, 0.2) is 60.1 Å². The van der Waals surface area contributed by atoms with Gasteiger partial charge in [-0.25, -0.2) is 24.5 Å². The van der Waals surface area contributed by atoms with Crippen molar-refractivity contribution in [3.05, 3.63) is 65.8 Å². The first-order chi connectivity index (χ1) is 18.5. The summed E-state index contributed by atoms with van der Waals surface area (Å²) in [6.07, 6.45) is 1.63. The summed E-state index contributed by atoms with van der Waals surface area (Å²) in [5.41, 5.74) is 3.78. The summed E-state index contributed by atoms with van der Waals surface area (Å²) in [5.74, 6) is -0.208. The Hall–Kier alpha value is -4.35. The number of hydrogen-bond donors (Lipinski definition) is 3. The highest BCUT2D eigenvalue weighted by Gasteiger charge is 2.20. The maximum atomic E-state index is 12.2. The molecule has 1 aromatic carbocycles. The van der Waals surface area contributed by atoms with Crippen LogP contribution in [0.2, 0.25) is 0 Å². The number of amides is 2. The van der Waals surface area contributed by atoms with Crippen LogP contribution >= 0.6 is 11.3 Å². The number of aromatic nitrogens is 3. The summed E-state index contributed by atoms with van der Waals surface area (Å²) in [5, 5.41) is 17.9. The molecule has 1 saturated heterocycles. The van der Waals surface area contributed by atoms with Gasteiger partial charge >= 0.3 is 12.0 Å². The number of rotatable bonds is 7. The number of carbonyl (C=O) groups is 2. The van der Waals surface area contributed by atoms with Crippen molar-refractivity contribution < 1.29 is 19.4 Å². The molecule has 4 aromatic rings. The minimum atomic E-state index is -1.12. The van der Waals surface area contributed by atoms with Crippen molar-refractivity contribution in [2.45, 2.75) is 6.92 Å². The molecule has 1 fully saturated rings. The van der Waals surface area contributed by atoms with Gasteiger partial charge in [0.2, 0.25) is 0 Å². The molecule has 10 nitrogen and oxygen atoms in total. The van der Waals surface area contributed by atoms with Gasteiger partial charge in [-0.1, -0.05) is 30.3 Å². The molecule has 2 amide bonds. The molecule has 0 aliphatic carbocycles. The lowest BCUT2D eigenvalue weighted by Crippen LogP contribution is -2.37. The van der Waals surface area contributed by atoms with Gasteiger partial charge in [0.05, 0.1) is 18.9 Å². The number of morpholine rings is 1. The van der Waals surface area contributed by atoms with E-state index in [1.165, 1.54) is 17.4 Å². The lowest BCUT2D eigenvalue weighted by atomic mass is 10.0. The highest BCUT2D eigenvalue weighted by molar-refractivity contribution is 7.13. The van der Waals surface area contributed by atoms with Crippen LogP contribution in [0.25, 0.3) is 33.0 Å². The van der Waals surface area contributed by atoms with E-state index < -0.39 is 5.97 Å². The summed E-state index contributed by atoms with van der Waals surface area (Å²) in [7, 11) is 0. The molecular formula is C27H26N6O4S. The Balaban J connectivity index is 1.62. The van der Waals surface area contributed by atoms with E-state index in [0.29, 0.717) is 60.6 Å². The molecule has 0 atom stereocenters. The monoisotopic (exact) mass is 530 g/mol. The van der Waals surface area contributed by atoms with E-state index >= 15 is 0 Å². The molecule has 3 aromatic heterocycles. The predicted molar refractivity (Wildman–Crippen MR) is 147 cm³/mol. The van der Waals surface area contributed by atoms with Crippen molar-refractivity contribution in [1.82, 2.24) is 20.3 Å². The first kappa shape index (κ1) is 25.3. The van der Waals surface area contributed by atoms with Crippen LogP contribution in [-0.4, -0.2) is 64.9 Å². The van der Waals surface area contributed by atoms with E-state index in [2.05, 4.69) is 20.6 Å². The van der Waals surface area contributed by atoms with Crippen LogP contribution in [-0.2, 0) is 4.74 Å². The van der Waals surface area contributed by atoms with E-state index in [1.807, 2.05) is 53.6 Å². The topological polar surface area (TPSA) is 130 Å². The van der Waals surface area contributed by atoms with Crippen LogP contribution in [0.5, 0.6) is 0 Å². The predicted octanol–water partition coefficient (Wildman–Crippen LogP) is 4.61. The van der Waals surface area contributed by atoms with E-state index in [4.69, 9.17) is 9.72 Å². The number of carboxylic acids is 1. The molecular weight excluding hydrogens is 504 g/mol. The summed E-state index contributed by atoms with van der Waals surface area (Å²) >= 11 is 1.46. The maximum Gasteiger partial charge on any atom is 0.354 e. The lowest BCUT2D eigenvalue weighted by Gasteiger charge is -2.28. The lowest BCUT2D eigenvalue weighted by molar-refractivity contribution is 0.0690. The number of carbonyl (C=O) groups excluding carboxylic acids is 1. The van der Waals surface area contributed by atoms with E-state index in [-0.39, 0.29) is 11.7 Å². The van der Waals surface area contributed by atoms with Crippen LogP contribution < -0.4 is 15.5 Å². The van der Waals surface area contributed by atoms with E-state index in [9.17, 15) is 14.7 Å². The molecule has 0 unspecified atom stereocenters. The summed E-state index contributed by atoms with van der Waals surface area (Å²) in [4.78, 5) is 39.9. The number of carboxylic acid groups (broad SMARTS) is 1. The molecule has 11 heteroatoms. The first-order valence-electron chi connectivity index (χ1n) is 12.2. The van der Waals surface area contributed by atoms with Crippen molar-refractivity contribution in [2.24, 2.45) is 0 Å². The molecule has 3 N–H and O–H groups in total. The van der Waals surface area contributed by atoms with Crippen LogP contribution in [0.3, 0.4) is 0 Å². The highest BCUT2D eigenvalue weighted by atomic mass is 32.1. The van der Waals surface area contributed by atoms with Gasteiger partial charge in [0.25, 0.3) is 0 Å². The molecule has 0 saturated carbocycles. The third kappa shape index (κ3) is 5.63. The van der Waals surface area contributed by atoms with Gasteiger partial charge in [-0.05, 0) is 30.7 Å². The number of urea groups is 1. The third-order valence-corrected chi connectivity index (χ3v) is 6.84. The fraction of sp³-hybridized carbons (Fsp3) is 0.222. The zero-order chi connectivity index (χ0) is 26.5. The molecule has 0 spiro atoms. The number of pyridine rings is 2. The smallest absolute Gasteiger partial charge is 0.354 e. The molecule has 194 valence electrons. The van der Waals surface area contributed by atoms with E-state index in [1.54, 1.807) is 12.3 Å². The Morgan fingerprint density at radius 2 is 1.84 bits per heavy atom. The summed E-state index contributed by atoms with van der Waals surface area (Å²) in [6, 6.07) is 14.6. The number of aromatic carboxylic acids is 1. The zero-order valence-corrected chi connectivity index (χ0v) is 21.5. The van der Waals surface area contributed by atoms with Crippen molar-refractivity contribution in [1.29, 1.82) is 0 Å². The fourth-order valence-corrected chi connectivity index (χ4v) is 4.99. The van der Waals surface area contributed by atoms with Crippen molar-refractivity contribution in [3.63, 3.8) is 0 Å². The van der Waals surface area contributed by atoms with Gasteiger partial charge in [-0.2, -0.15) is 0 Å². The van der Waals surface area contributed by atoms with Gasteiger partial charge < -0.3 is 20.1 Å². The Kier molecular flexibility index (Phi) is 7.57. The van der Waals surface area contributed by atoms with Crippen molar-refractivity contribution in [2.75, 3.05) is 43.1 Å². The number of thiazole rings is 1. The van der Waals surface area contributed by atoms with Crippen LogP contribution in [0.1, 0.15) is 17.4 Å². The molecule has 4 heterocycles. The second kappa shape index (κ2) is 11.4. The number of nitrogens with one attached hydrogen (secondary N) is 2. The molecule has 1 aliphatic heterocycles. The number of hydrogen-bond acceptors (Lipinski definition) is 8. The molecule has 0 bridgehead atoms. The average Bonchev–Trinajstić information content (AvgIpc) is 3.44. The SMILES string of the molecule is CCNC(=O)Nc1cc(-c2nc(-c3ccccc3)cs2)c(-c2cc(C(=O)O)nc(N3CCOCC3)c2)cn1. The highest BCUT2D eigenvalue weighted by Crippen LogP contribution is 2.38. The largest absolute Gasteiger partial charge is 0.477 e. The Morgan fingerprint density at radius 3 is 2.58 bits per heavy atom. The summed E-state index contributed by atoms with van der Waals surface area (Å²) in [6.45, 7) is 4.62. The maximum absolute atomic E-state index is 12.2. The molecule has 5 rings (SSSR count). The summed E-state index contributed by atoms with van der Waals surface area (Å²) < 4.78 is 5.45. The minimum absolute atomic E-state index is 0.0661. The van der Waals surface area contributed by atoms with Crippen molar-refractivity contribution in [3.8, 4) is 33.0 Å². The molecule has 38 heavy (non-hydrogen) atoms. The van der Waals surface area contributed by atoms with Gasteiger partial charge in [-0.15, -0.1) is 11.3 Å². The van der Waals surface area contributed by atoms with Crippen LogP contribution in [0.4, 0.5) is 16.4 Å². The second-order valence-electron chi connectivity index (χ2n) is 8.51. The number of benzene rings is 1. The van der Waals surface area contributed by atoms with Gasteiger partial charge in [0.15, 0.2) is 5.69 Å². The van der Waals surface area contributed by atoms with Gasteiger partial charge in [0.1, 0.15) is 16.6 Å². The quantitative estimate of drug-likeness (QED) is 0.316. The number of nitrogens with zero attached hydrogens (tertiary/aromatic N) is 4. The van der Waals surface area contributed by atoms with Crippen LogP contribution in [0, 0.1) is 0 Å². The van der Waals surface area contributed by atoms with Gasteiger partial charge in [0, 0.05) is 47.9 Å². The Bertz CT molecular complexity index is 1450. The molecule has 1 aliphatic rings. The number of anilines is 2. The fourth-order valence-electron chi connectivity index (χ4n) is 4.13. The molecule has 0 radical (unpaired) electrons. The standard InChI is InChI=1S/C27H26N6O4S/c1-2-28-27(36)32-23-14-19(25-31-22(16-38-25)17-6-4-3-5-7-17)20(15-29-23)18-12-21(26(34)35)30-24(13-18)33-8-10-37-11-9-33/h3-7,12-16H,2,8-11H2,1H3,(H,34,35)(H2,28,29,32,36).